The third-order valence-corrected chi connectivity index (χ3v) is 4.16. The summed E-state index contributed by atoms with van der Waals surface area (Å²) in [6.45, 7) is 0. The topological polar surface area (TPSA) is 47.1 Å². The molecule has 0 atom stereocenters. The first kappa shape index (κ1) is 13.2. The number of para-hydroxylation sites is 1. The SMILES string of the molecule is COc1cc(OC)cc(-c2cccc3[nH]c(C4CC4)nc23)c1. The fourth-order valence-electron chi connectivity index (χ4n) is 2.80. The fourth-order valence-corrected chi connectivity index (χ4v) is 2.80. The Bertz CT molecular complexity index is 812. The zero-order valence-corrected chi connectivity index (χ0v) is 12.7. The van der Waals surface area contributed by atoms with E-state index in [0.717, 1.165) is 39.5 Å². The highest BCUT2D eigenvalue weighted by atomic mass is 16.5. The van der Waals surface area contributed by atoms with Crippen LogP contribution in [0.2, 0.25) is 0 Å². The van der Waals surface area contributed by atoms with Crippen molar-refractivity contribution in [2.75, 3.05) is 14.2 Å². The van der Waals surface area contributed by atoms with Crippen molar-refractivity contribution in [2.24, 2.45) is 0 Å². The first-order valence-electron chi connectivity index (χ1n) is 7.50. The quantitative estimate of drug-likeness (QED) is 0.787. The van der Waals surface area contributed by atoms with Gasteiger partial charge in [0.05, 0.1) is 25.3 Å². The number of hydrogen-bond donors (Lipinski definition) is 1. The number of rotatable bonds is 4. The van der Waals surface area contributed by atoms with E-state index >= 15 is 0 Å². The summed E-state index contributed by atoms with van der Waals surface area (Å²) in [4.78, 5) is 8.28. The van der Waals surface area contributed by atoms with Crippen molar-refractivity contribution in [3.63, 3.8) is 0 Å². The van der Waals surface area contributed by atoms with Crippen LogP contribution in [0.3, 0.4) is 0 Å². The normalized spacial score (nSPS) is 14.3. The molecule has 4 heteroatoms. The summed E-state index contributed by atoms with van der Waals surface area (Å²) in [6, 6.07) is 12.1. The maximum Gasteiger partial charge on any atom is 0.123 e. The molecule has 0 unspecified atom stereocenters. The molecular weight excluding hydrogens is 276 g/mol. The van der Waals surface area contributed by atoms with Crippen LogP contribution >= 0.6 is 0 Å². The molecular formula is C18H18N2O2. The Kier molecular flexibility index (Phi) is 3.03. The Labute approximate surface area is 129 Å². The van der Waals surface area contributed by atoms with Crippen molar-refractivity contribution in [1.82, 2.24) is 9.97 Å². The molecule has 1 N–H and O–H groups in total. The van der Waals surface area contributed by atoms with Crippen molar-refractivity contribution in [2.45, 2.75) is 18.8 Å². The van der Waals surface area contributed by atoms with Crippen LogP contribution in [0.25, 0.3) is 22.2 Å². The van der Waals surface area contributed by atoms with Crippen molar-refractivity contribution in [3.8, 4) is 22.6 Å². The second-order valence-electron chi connectivity index (χ2n) is 5.70. The van der Waals surface area contributed by atoms with Crippen LogP contribution in [-0.4, -0.2) is 24.2 Å². The van der Waals surface area contributed by atoms with Crippen LogP contribution in [0, 0.1) is 0 Å². The predicted octanol–water partition coefficient (Wildman–Crippen LogP) is 4.12. The highest BCUT2D eigenvalue weighted by molar-refractivity contribution is 5.92. The third-order valence-electron chi connectivity index (χ3n) is 4.16. The molecule has 112 valence electrons. The summed E-state index contributed by atoms with van der Waals surface area (Å²) in [5.41, 5.74) is 4.24. The van der Waals surface area contributed by atoms with Crippen molar-refractivity contribution < 1.29 is 9.47 Å². The van der Waals surface area contributed by atoms with Crippen molar-refractivity contribution >= 4 is 11.0 Å². The van der Waals surface area contributed by atoms with E-state index in [1.165, 1.54) is 12.8 Å². The minimum atomic E-state index is 0.611. The van der Waals surface area contributed by atoms with Crippen molar-refractivity contribution in [3.05, 3.63) is 42.2 Å². The van der Waals surface area contributed by atoms with Crippen LogP contribution in [-0.2, 0) is 0 Å². The number of benzene rings is 2. The molecule has 1 fully saturated rings. The van der Waals surface area contributed by atoms with Crippen LogP contribution < -0.4 is 9.47 Å². The van der Waals surface area contributed by atoms with Crippen LogP contribution in [0.1, 0.15) is 24.6 Å². The van der Waals surface area contributed by atoms with Crippen LogP contribution in [0.4, 0.5) is 0 Å². The smallest absolute Gasteiger partial charge is 0.123 e. The second kappa shape index (κ2) is 5.05. The Morgan fingerprint density at radius 2 is 1.77 bits per heavy atom. The molecule has 0 radical (unpaired) electrons. The van der Waals surface area contributed by atoms with Gasteiger partial charge < -0.3 is 14.5 Å². The molecule has 4 nitrogen and oxygen atoms in total. The number of aromatic nitrogens is 2. The average molecular weight is 294 g/mol. The number of imidazole rings is 1. The summed E-state index contributed by atoms with van der Waals surface area (Å²) in [5.74, 6) is 3.28. The second-order valence-corrected chi connectivity index (χ2v) is 5.70. The Morgan fingerprint density at radius 3 is 2.41 bits per heavy atom. The van der Waals surface area contributed by atoms with Gasteiger partial charge in [-0.1, -0.05) is 12.1 Å². The van der Waals surface area contributed by atoms with E-state index in [2.05, 4.69) is 23.2 Å². The van der Waals surface area contributed by atoms with Gasteiger partial charge in [0.1, 0.15) is 17.3 Å². The molecule has 1 heterocycles. The molecule has 0 aliphatic heterocycles. The lowest BCUT2D eigenvalue weighted by Crippen LogP contribution is -1.89. The molecule has 2 aromatic carbocycles. The number of fused-ring (bicyclic) bond motifs is 1. The summed E-state index contributed by atoms with van der Waals surface area (Å²) >= 11 is 0. The zero-order chi connectivity index (χ0) is 15.1. The molecule has 22 heavy (non-hydrogen) atoms. The Balaban J connectivity index is 1.89. The van der Waals surface area contributed by atoms with Gasteiger partial charge >= 0.3 is 0 Å². The molecule has 0 spiro atoms. The Hall–Kier alpha value is -2.49. The zero-order valence-electron chi connectivity index (χ0n) is 12.7. The molecule has 1 aliphatic rings. The van der Waals surface area contributed by atoms with Gasteiger partial charge in [-0.3, -0.25) is 0 Å². The van der Waals surface area contributed by atoms with Gasteiger partial charge in [0.2, 0.25) is 0 Å². The van der Waals surface area contributed by atoms with E-state index in [-0.39, 0.29) is 0 Å². The minimum Gasteiger partial charge on any atom is -0.497 e. The highest BCUT2D eigenvalue weighted by Gasteiger charge is 2.27. The molecule has 0 bridgehead atoms. The van der Waals surface area contributed by atoms with Gasteiger partial charge in [0.25, 0.3) is 0 Å². The van der Waals surface area contributed by atoms with E-state index in [0.29, 0.717) is 5.92 Å². The average Bonchev–Trinajstić information content (AvgIpc) is 3.32. The number of nitrogens with zero attached hydrogens (tertiary/aromatic N) is 1. The molecule has 1 aromatic heterocycles. The summed E-state index contributed by atoms with van der Waals surface area (Å²) in [6.07, 6.45) is 2.48. The van der Waals surface area contributed by atoms with E-state index < -0.39 is 0 Å². The molecule has 0 saturated heterocycles. The lowest BCUT2D eigenvalue weighted by molar-refractivity contribution is 0.394. The predicted molar refractivity (Wildman–Crippen MR) is 86.6 cm³/mol. The number of hydrogen-bond acceptors (Lipinski definition) is 3. The van der Waals surface area contributed by atoms with E-state index in [1.807, 2.05) is 18.2 Å². The van der Waals surface area contributed by atoms with Gasteiger partial charge in [0, 0.05) is 17.5 Å². The van der Waals surface area contributed by atoms with Gasteiger partial charge in [-0.2, -0.15) is 0 Å². The number of H-pyrrole nitrogens is 1. The summed E-state index contributed by atoms with van der Waals surface area (Å²) in [7, 11) is 3.33. The molecule has 1 saturated carbocycles. The monoisotopic (exact) mass is 294 g/mol. The first-order valence-corrected chi connectivity index (χ1v) is 7.50. The van der Waals surface area contributed by atoms with E-state index in [1.54, 1.807) is 14.2 Å². The summed E-state index contributed by atoms with van der Waals surface area (Å²) in [5, 5.41) is 0. The van der Waals surface area contributed by atoms with Crippen LogP contribution in [0.15, 0.2) is 36.4 Å². The summed E-state index contributed by atoms with van der Waals surface area (Å²) < 4.78 is 10.8. The number of aromatic amines is 1. The van der Waals surface area contributed by atoms with Gasteiger partial charge in [-0.05, 0) is 36.6 Å². The fraction of sp³-hybridized carbons (Fsp3) is 0.278. The molecule has 0 amide bonds. The molecule has 4 rings (SSSR count). The number of nitrogens with one attached hydrogen (secondary N) is 1. The maximum atomic E-state index is 5.38. The largest absolute Gasteiger partial charge is 0.497 e. The molecule has 1 aliphatic carbocycles. The Morgan fingerprint density at radius 1 is 1.05 bits per heavy atom. The highest BCUT2D eigenvalue weighted by Crippen LogP contribution is 2.40. The van der Waals surface area contributed by atoms with Gasteiger partial charge in [0.15, 0.2) is 0 Å². The number of methoxy groups -OCH3 is 2. The van der Waals surface area contributed by atoms with Crippen LogP contribution in [0.5, 0.6) is 11.5 Å². The lowest BCUT2D eigenvalue weighted by Gasteiger charge is -2.09. The van der Waals surface area contributed by atoms with Gasteiger partial charge in [-0.25, -0.2) is 4.98 Å². The maximum absolute atomic E-state index is 5.38. The number of ether oxygens (including phenoxy) is 2. The lowest BCUT2D eigenvalue weighted by atomic mass is 10.0. The molecule has 3 aromatic rings. The minimum absolute atomic E-state index is 0.611. The third kappa shape index (κ3) is 2.21. The van der Waals surface area contributed by atoms with Gasteiger partial charge in [-0.15, -0.1) is 0 Å². The standard InChI is InChI=1S/C18H18N2O2/c1-21-13-8-12(9-14(10-13)22-2)15-4-3-5-16-17(15)20-18(19-16)11-6-7-11/h3-5,8-11H,6-7H2,1-2H3,(H,19,20). The van der Waals surface area contributed by atoms with E-state index in [9.17, 15) is 0 Å². The first-order chi connectivity index (χ1) is 10.8. The van der Waals surface area contributed by atoms with Crippen molar-refractivity contribution in [1.29, 1.82) is 0 Å². The van der Waals surface area contributed by atoms with E-state index in [4.69, 9.17) is 14.5 Å².